The van der Waals surface area contributed by atoms with Gasteiger partial charge in [0, 0.05) is 30.2 Å². The molecule has 2 aliphatic heterocycles. The van der Waals surface area contributed by atoms with Gasteiger partial charge in [-0.15, -0.1) is 0 Å². The van der Waals surface area contributed by atoms with Crippen molar-refractivity contribution in [3.05, 3.63) is 30.3 Å². The van der Waals surface area contributed by atoms with Crippen LogP contribution in [0.15, 0.2) is 35.5 Å². The van der Waals surface area contributed by atoms with E-state index >= 15 is 0 Å². The third-order valence-corrected chi connectivity index (χ3v) is 10.7. The molecular weight excluding hydrogens is 660 g/mol. The summed E-state index contributed by atoms with van der Waals surface area (Å²) in [6, 6.07) is 9.11. The lowest BCUT2D eigenvalue weighted by molar-refractivity contribution is -0.298. The van der Waals surface area contributed by atoms with Gasteiger partial charge in [-0.05, 0) is 73.2 Å². The van der Waals surface area contributed by atoms with Gasteiger partial charge in [-0.2, -0.15) is 0 Å². The van der Waals surface area contributed by atoms with Crippen LogP contribution in [0.3, 0.4) is 0 Å². The van der Waals surface area contributed by atoms with E-state index in [2.05, 4.69) is 5.16 Å². The quantitative estimate of drug-likeness (QED) is 0.135. The van der Waals surface area contributed by atoms with Gasteiger partial charge in [0.2, 0.25) is 0 Å². The van der Waals surface area contributed by atoms with E-state index in [9.17, 15) is 30.3 Å². The van der Waals surface area contributed by atoms with Crippen LogP contribution in [0.25, 0.3) is 0 Å². The second-order valence-electron chi connectivity index (χ2n) is 15.4. The molecule has 0 amide bonds. The molecule has 1 unspecified atom stereocenters. The number of aliphatic hydroxyl groups is 5. The van der Waals surface area contributed by atoms with E-state index < -0.39 is 77.7 Å². The van der Waals surface area contributed by atoms with Crippen LogP contribution in [0.4, 0.5) is 0 Å². The largest absolute Gasteiger partial charge is 0.493 e. The van der Waals surface area contributed by atoms with Crippen LogP contribution in [0, 0.1) is 23.7 Å². The number of likely N-dealkylation sites (N-methyl/N-ethyl adjacent to an activating group) is 1. The molecule has 5 N–H and O–H groups in total. The number of hydrogen-bond donors (Lipinski definition) is 5. The van der Waals surface area contributed by atoms with Crippen molar-refractivity contribution in [2.75, 3.05) is 27.3 Å². The SMILES string of the molecule is CC[C@@H]1OC(=O)[C@H](C)[C@@H](O)[C@H](C)[C@@H](O[C@@H]2O[C@H](C)C[C@H](N(C)C)[C@H]2O)C(C)(O)C[C@@H](C)/C(=N\OCCCOc2ccccc2)[C@@H](C)[C@@H](O)[C@]1(C)O. The highest BCUT2D eigenvalue weighted by molar-refractivity contribution is 5.88. The number of oxime groups is 1. The maximum atomic E-state index is 13.5. The van der Waals surface area contributed by atoms with Crippen molar-refractivity contribution in [3.8, 4) is 5.75 Å². The Hall–Kier alpha value is -2.36. The molecule has 13 heteroatoms. The monoisotopic (exact) mass is 724 g/mol. The molecule has 0 aliphatic carbocycles. The van der Waals surface area contributed by atoms with Crippen LogP contribution in [-0.2, 0) is 23.8 Å². The molecule has 2 heterocycles. The number of rotatable bonds is 10. The number of para-hydroxylation sites is 1. The molecule has 0 bridgehead atoms. The molecular formula is C38H64N2O11. The van der Waals surface area contributed by atoms with Gasteiger partial charge in [0.1, 0.15) is 30.2 Å². The average molecular weight is 725 g/mol. The van der Waals surface area contributed by atoms with E-state index in [1.165, 1.54) is 13.8 Å². The molecule has 1 aromatic rings. The topological polar surface area (TPSA) is 180 Å². The lowest BCUT2D eigenvalue weighted by Gasteiger charge is -2.47. The number of aliphatic hydroxyl groups excluding tert-OH is 3. The molecule has 0 spiro atoms. The molecule has 1 aromatic carbocycles. The third kappa shape index (κ3) is 10.8. The summed E-state index contributed by atoms with van der Waals surface area (Å²) in [5.41, 5.74) is -3.24. The molecule has 2 fully saturated rings. The standard InChI is InChI=1S/C38H64N2O11/c1-11-29-38(8,46)33(43)24(4)30(39-48-19-15-18-47-27-16-13-12-14-17-27)22(2)21-37(7,45)34(25(5)31(41)26(6)35(44)50-29)51-36-32(42)28(40(9)10)20-23(3)49-36/h12-14,16-17,22-26,28-29,31-34,36,41-43,45-46H,11,15,18-21H2,1-10H3/b39-30+/t22-,23-,24-,25+,26-,28+,29+,31+,32-,33-,34-,36+,37?,38-/m1/s1. The lowest BCUT2D eigenvalue weighted by atomic mass is 9.73. The van der Waals surface area contributed by atoms with Crippen LogP contribution < -0.4 is 4.74 Å². The molecule has 14 atom stereocenters. The molecule has 0 saturated carbocycles. The summed E-state index contributed by atoms with van der Waals surface area (Å²) in [4.78, 5) is 21.1. The zero-order valence-electron chi connectivity index (χ0n) is 32.1. The predicted molar refractivity (Wildman–Crippen MR) is 192 cm³/mol. The number of carbonyl (C=O) groups excluding carboxylic acids is 1. The van der Waals surface area contributed by atoms with Gasteiger partial charge < -0.3 is 54.2 Å². The Balaban J connectivity index is 1.99. The Morgan fingerprint density at radius 2 is 1.61 bits per heavy atom. The van der Waals surface area contributed by atoms with Gasteiger partial charge in [0.25, 0.3) is 0 Å². The van der Waals surface area contributed by atoms with Gasteiger partial charge in [0.15, 0.2) is 6.29 Å². The molecule has 3 rings (SSSR count). The van der Waals surface area contributed by atoms with Crippen LogP contribution in [0.2, 0.25) is 0 Å². The zero-order chi connectivity index (χ0) is 38.3. The first kappa shape index (κ1) is 43.0. The molecule has 0 aromatic heterocycles. The van der Waals surface area contributed by atoms with Gasteiger partial charge in [0.05, 0.1) is 48.3 Å². The number of cyclic esters (lactones) is 1. The highest BCUT2D eigenvalue weighted by atomic mass is 16.7. The molecule has 0 radical (unpaired) electrons. The van der Waals surface area contributed by atoms with Crippen LogP contribution in [-0.4, -0.2) is 130 Å². The fourth-order valence-electron chi connectivity index (χ4n) is 7.54. The fourth-order valence-corrected chi connectivity index (χ4v) is 7.54. The minimum absolute atomic E-state index is 0.0127. The number of benzene rings is 1. The van der Waals surface area contributed by atoms with E-state index in [4.69, 9.17) is 23.8 Å². The summed E-state index contributed by atoms with van der Waals surface area (Å²) in [6.07, 6.45) is -6.29. The minimum Gasteiger partial charge on any atom is -0.493 e. The van der Waals surface area contributed by atoms with E-state index in [0.29, 0.717) is 25.2 Å². The molecule has 292 valence electrons. The normalized spacial score (nSPS) is 41.2. The summed E-state index contributed by atoms with van der Waals surface area (Å²) < 4.78 is 24.1. The summed E-state index contributed by atoms with van der Waals surface area (Å²) in [7, 11) is 3.72. The second-order valence-corrected chi connectivity index (χ2v) is 15.4. The van der Waals surface area contributed by atoms with Crippen molar-refractivity contribution in [1.82, 2.24) is 4.90 Å². The zero-order valence-corrected chi connectivity index (χ0v) is 32.1. The summed E-state index contributed by atoms with van der Waals surface area (Å²) in [5, 5.41) is 63.0. The Bertz CT molecular complexity index is 1250. The van der Waals surface area contributed by atoms with Crippen molar-refractivity contribution < 1.29 is 54.1 Å². The van der Waals surface area contributed by atoms with Crippen molar-refractivity contribution >= 4 is 11.7 Å². The molecule has 13 nitrogen and oxygen atoms in total. The number of hydrogen-bond acceptors (Lipinski definition) is 13. The molecule has 2 aliphatic rings. The Morgan fingerprint density at radius 1 is 0.961 bits per heavy atom. The smallest absolute Gasteiger partial charge is 0.311 e. The van der Waals surface area contributed by atoms with Crippen molar-refractivity contribution in [1.29, 1.82) is 0 Å². The fraction of sp³-hybridized carbons (Fsp3) is 0.789. The highest BCUT2D eigenvalue weighted by Gasteiger charge is 2.51. The van der Waals surface area contributed by atoms with E-state index in [-0.39, 0.29) is 31.6 Å². The number of nitrogens with zero attached hydrogens (tertiary/aromatic N) is 2. The summed E-state index contributed by atoms with van der Waals surface area (Å²) in [5.74, 6) is -3.37. The summed E-state index contributed by atoms with van der Waals surface area (Å²) in [6.45, 7) is 13.9. The van der Waals surface area contributed by atoms with Gasteiger partial charge in [-0.1, -0.05) is 51.0 Å². The maximum Gasteiger partial charge on any atom is 0.311 e. The Morgan fingerprint density at radius 3 is 2.22 bits per heavy atom. The van der Waals surface area contributed by atoms with Gasteiger partial charge in [-0.25, -0.2) is 0 Å². The first-order valence-corrected chi connectivity index (χ1v) is 18.4. The Labute approximate surface area is 303 Å². The van der Waals surface area contributed by atoms with E-state index in [0.717, 1.165) is 5.75 Å². The van der Waals surface area contributed by atoms with Crippen LogP contribution >= 0.6 is 0 Å². The van der Waals surface area contributed by atoms with Crippen LogP contribution in [0.1, 0.15) is 81.1 Å². The predicted octanol–water partition coefficient (Wildman–Crippen LogP) is 3.13. The van der Waals surface area contributed by atoms with E-state index in [1.807, 2.05) is 63.2 Å². The number of esters is 1. The molecule has 2 saturated heterocycles. The van der Waals surface area contributed by atoms with E-state index in [1.54, 1.807) is 27.7 Å². The third-order valence-electron chi connectivity index (χ3n) is 10.7. The maximum absolute atomic E-state index is 13.5. The van der Waals surface area contributed by atoms with Crippen molar-refractivity contribution in [2.24, 2.45) is 28.8 Å². The number of ether oxygens (including phenoxy) is 4. The Kier molecular flexibility index (Phi) is 15.7. The lowest BCUT2D eigenvalue weighted by Crippen LogP contribution is -2.60. The first-order chi connectivity index (χ1) is 23.8. The average Bonchev–Trinajstić information content (AvgIpc) is 3.08. The molecule has 51 heavy (non-hydrogen) atoms. The van der Waals surface area contributed by atoms with Gasteiger partial charge in [-0.3, -0.25) is 4.79 Å². The van der Waals surface area contributed by atoms with Gasteiger partial charge >= 0.3 is 5.97 Å². The first-order valence-electron chi connectivity index (χ1n) is 18.4. The second kappa shape index (κ2) is 18.6. The van der Waals surface area contributed by atoms with Crippen LogP contribution in [0.5, 0.6) is 5.75 Å². The van der Waals surface area contributed by atoms with Crippen molar-refractivity contribution in [3.63, 3.8) is 0 Å². The minimum atomic E-state index is -1.91. The van der Waals surface area contributed by atoms with Crippen molar-refractivity contribution in [2.45, 2.75) is 141 Å². The summed E-state index contributed by atoms with van der Waals surface area (Å²) >= 11 is 0. The highest BCUT2D eigenvalue weighted by Crippen LogP contribution is 2.38. The number of carbonyl (C=O) groups is 1.